The lowest BCUT2D eigenvalue weighted by molar-refractivity contribution is 0.197. The largest absolute Gasteiger partial charge is 0.493 e. The molecule has 0 amide bonds. The Balaban J connectivity index is 3.56. The summed E-state index contributed by atoms with van der Waals surface area (Å²) in [5, 5.41) is 10.3. The van der Waals surface area contributed by atoms with E-state index < -0.39 is 6.10 Å². The van der Waals surface area contributed by atoms with Crippen LogP contribution < -0.4 is 9.47 Å². The predicted molar refractivity (Wildman–Crippen MR) is 69.3 cm³/mol. The molecule has 3 nitrogen and oxygen atoms in total. The van der Waals surface area contributed by atoms with E-state index in [0.717, 1.165) is 11.1 Å². The van der Waals surface area contributed by atoms with E-state index in [1.807, 2.05) is 13.8 Å². The summed E-state index contributed by atoms with van der Waals surface area (Å²) in [6, 6.07) is 1.78. The third-order valence-electron chi connectivity index (χ3n) is 2.71. The van der Waals surface area contributed by atoms with E-state index in [1.54, 1.807) is 27.2 Å². The van der Waals surface area contributed by atoms with E-state index in [9.17, 15) is 5.11 Å². The van der Waals surface area contributed by atoms with Gasteiger partial charge in [-0.3, -0.25) is 0 Å². The molecule has 0 aromatic heterocycles. The summed E-state index contributed by atoms with van der Waals surface area (Å²) < 4.78 is 10.5. The number of aliphatic hydroxyl groups is 1. The number of ether oxygens (including phenoxy) is 2. The molecule has 1 atom stereocenters. The first kappa shape index (κ1) is 14.1. The van der Waals surface area contributed by atoms with Crippen molar-refractivity contribution in [2.75, 3.05) is 14.2 Å². The summed E-state index contributed by atoms with van der Waals surface area (Å²) in [5.74, 6) is 1.26. The molecule has 0 bridgehead atoms. The van der Waals surface area contributed by atoms with Gasteiger partial charge in [0.2, 0.25) is 0 Å². The fourth-order valence-electron chi connectivity index (χ4n) is 1.92. The van der Waals surface area contributed by atoms with Gasteiger partial charge in [0.25, 0.3) is 0 Å². The molecule has 0 heterocycles. The lowest BCUT2D eigenvalue weighted by Crippen LogP contribution is -2.04. The summed E-state index contributed by atoms with van der Waals surface area (Å²) in [7, 11) is 3.10. The van der Waals surface area contributed by atoms with Crippen molar-refractivity contribution < 1.29 is 14.6 Å². The number of rotatable bonds is 4. The smallest absolute Gasteiger partial charge is 0.179 e. The van der Waals surface area contributed by atoms with Crippen LogP contribution in [0.5, 0.6) is 11.5 Å². The molecule has 0 aliphatic carbocycles. The van der Waals surface area contributed by atoms with E-state index >= 15 is 0 Å². The van der Waals surface area contributed by atoms with Crippen LogP contribution >= 0.6 is 11.6 Å². The lowest BCUT2D eigenvalue weighted by Gasteiger charge is -2.21. The van der Waals surface area contributed by atoms with Crippen LogP contribution in [0.1, 0.15) is 43.9 Å². The molecule has 1 unspecified atom stereocenters. The number of hydrogen-bond acceptors (Lipinski definition) is 3. The van der Waals surface area contributed by atoms with E-state index in [1.165, 1.54) is 0 Å². The highest BCUT2D eigenvalue weighted by Crippen LogP contribution is 2.44. The Kier molecular flexibility index (Phi) is 4.66. The molecule has 17 heavy (non-hydrogen) atoms. The zero-order chi connectivity index (χ0) is 13.2. The number of hydrogen-bond donors (Lipinski definition) is 1. The van der Waals surface area contributed by atoms with Gasteiger partial charge < -0.3 is 14.6 Å². The van der Waals surface area contributed by atoms with Gasteiger partial charge in [-0.1, -0.05) is 25.4 Å². The average molecular weight is 259 g/mol. The molecule has 1 rings (SSSR count). The van der Waals surface area contributed by atoms with Crippen molar-refractivity contribution in [3.05, 3.63) is 22.2 Å². The number of aliphatic hydroxyl groups excluding tert-OH is 1. The van der Waals surface area contributed by atoms with Gasteiger partial charge in [-0.05, 0) is 30.0 Å². The second kappa shape index (κ2) is 5.61. The van der Waals surface area contributed by atoms with E-state index in [-0.39, 0.29) is 5.92 Å². The first-order chi connectivity index (χ1) is 7.93. The maximum atomic E-state index is 9.81. The third-order valence-corrected chi connectivity index (χ3v) is 3.08. The normalized spacial score (nSPS) is 12.7. The highest BCUT2D eigenvalue weighted by atomic mass is 35.5. The Morgan fingerprint density at radius 2 is 1.76 bits per heavy atom. The standard InChI is InChI=1S/C13H19ClO3/c1-7(2)11-9(8(3)15)6-10(16-4)13(17-5)12(11)14/h6-8,15H,1-5H3. The second-order valence-electron chi connectivity index (χ2n) is 4.26. The number of benzene rings is 1. The molecule has 0 aliphatic heterocycles. The maximum Gasteiger partial charge on any atom is 0.179 e. The number of methoxy groups -OCH3 is 2. The van der Waals surface area contributed by atoms with Crippen molar-refractivity contribution in [1.82, 2.24) is 0 Å². The van der Waals surface area contributed by atoms with Gasteiger partial charge in [-0.25, -0.2) is 0 Å². The minimum atomic E-state index is -0.593. The zero-order valence-electron chi connectivity index (χ0n) is 10.9. The van der Waals surface area contributed by atoms with Crippen molar-refractivity contribution in [1.29, 1.82) is 0 Å². The van der Waals surface area contributed by atoms with Crippen molar-refractivity contribution in [2.24, 2.45) is 0 Å². The number of halogens is 1. The van der Waals surface area contributed by atoms with Gasteiger partial charge in [-0.15, -0.1) is 0 Å². The summed E-state index contributed by atoms with van der Waals surface area (Å²) in [6.45, 7) is 5.77. The van der Waals surface area contributed by atoms with Crippen molar-refractivity contribution in [2.45, 2.75) is 32.8 Å². The lowest BCUT2D eigenvalue weighted by atomic mass is 9.93. The molecule has 1 aromatic carbocycles. The molecule has 4 heteroatoms. The van der Waals surface area contributed by atoms with Gasteiger partial charge in [0.05, 0.1) is 25.3 Å². The van der Waals surface area contributed by atoms with Crippen molar-refractivity contribution >= 4 is 11.6 Å². The molecule has 96 valence electrons. The predicted octanol–water partition coefficient (Wildman–Crippen LogP) is 3.53. The van der Waals surface area contributed by atoms with Gasteiger partial charge in [0, 0.05) is 0 Å². The topological polar surface area (TPSA) is 38.7 Å². The second-order valence-corrected chi connectivity index (χ2v) is 4.64. The maximum absolute atomic E-state index is 9.81. The minimum absolute atomic E-state index is 0.201. The highest BCUT2D eigenvalue weighted by Gasteiger charge is 2.22. The molecule has 1 N–H and O–H groups in total. The first-order valence-electron chi connectivity index (χ1n) is 5.56. The fraction of sp³-hybridized carbons (Fsp3) is 0.538. The van der Waals surface area contributed by atoms with Crippen LogP contribution in [0.2, 0.25) is 5.02 Å². The molecule has 0 radical (unpaired) electrons. The molecule has 0 fully saturated rings. The Bertz CT molecular complexity index is 400. The first-order valence-corrected chi connectivity index (χ1v) is 5.94. The molecule has 0 aliphatic rings. The quantitative estimate of drug-likeness (QED) is 0.898. The van der Waals surface area contributed by atoms with Crippen LogP contribution in [-0.2, 0) is 0 Å². The molecule has 0 saturated carbocycles. The Labute approximate surface area is 107 Å². The summed E-state index contributed by atoms with van der Waals surface area (Å²) in [4.78, 5) is 0. The van der Waals surface area contributed by atoms with E-state index in [0.29, 0.717) is 16.5 Å². The third kappa shape index (κ3) is 2.67. The summed E-state index contributed by atoms with van der Waals surface area (Å²) >= 11 is 6.32. The summed E-state index contributed by atoms with van der Waals surface area (Å²) in [5.41, 5.74) is 1.68. The Morgan fingerprint density at radius 3 is 2.12 bits per heavy atom. The van der Waals surface area contributed by atoms with Gasteiger partial charge in [0.1, 0.15) is 0 Å². The van der Waals surface area contributed by atoms with Gasteiger partial charge in [0.15, 0.2) is 11.5 Å². The monoisotopic (exact) mass is 258 g/mol. The molecular weight excluding hydrogens is 240 g/mol. The Morgan fingerprint density at radius 1 is 1.18 bits per heavy atom. The van der Waals surface area contributed by atoms with Crippen LogP contribution in [0.25, 0.3) is 0 Å². The van der Waals surface area contributed by atoms with Crippen LogP contribution in [-0.4, -0.2) is 19.3 Å². The van der Waals surface area contributed by atoms with E-state index in [4.69, 9.17) is 21.1 Å². The zero-order valence-corrected chi connectivity index (χ0v) is 11.6. The highest BCUT2D eigenvalue weighted by molar-refractivity contribution is 6.33. The SMILES string of the molecule is COc1cc(C(C)O)c(C(C)C)c(Cl)c1OC. The van der Waals surface area contributed by atoms with Crippen LogP contribution in [0.4, 0.5) is 0 Å². The average Bonchev–Trinajstić information content (AvgIpc) is 2.26. The molecular formula is C13H19ClO3. The fourth-order valence-corrected chi connectivity index (χ4v) is 2.41. The Hall–Kier alpha value is -0.930. The van der Waals surface area contributed by atoms with Gasteiger partial charge in [-0.2, -0.15) is 0 Å². The van der Waals surface area contributed by atoms with Crippen LogP contribution in [0.15, 0.2) is 6.07 Å². The summed E-state index contributed by atoms with van der Waals surface area (Å²) in [6.07, 6.45) is -0.593. The van der Waals surface area contributed by atoms with Crippen molar-refractivity contribution in [3.8, 4) is 11.5 Å². The minimum Gasteiger partial charge on any atom is -0.493 e. The van der Waals surface area contributed by atoms with Crippen molar-refractivity contribution in [3.63, 3.8) is 0 Å². The molecule has 1 aromatic rings. The van der Waals surface area contributed by atoms with Gasteiger partial charge >= 0.3 is 0 Å². The van der Waals surface area contributed by atoms with Crippen LogP contribution in [0, 0.1) is 0 Å². The molecule has 0 saturated heterocycles. The molecule has 0 spiro atoms. The van der Waals surface area contributed by atoms with Crippen LogP contribution in [0.3, 0.4) is 0 Å². The van der Waals surface area contributed by atoms with E-state index in [2.05, 4.69) is 0 Å².